The molecule has 0 unspecified atom stereocenters. The highest BCUT2D eigenvalue weighted by atomic mass is 79.9. The maximum atomic E-state index is 14.0. The maximum Gasteiger partial charge on any atom is 0.132 e. The van der Waals surface area contributed by atoms with Crippen LogP contribution >= 0.6 is 40.7 Å². The smallest absolute Gasteiger partial charge is 0.132 e. The summed E-state index contributed by atoms with van der Waals surface area (Å²) in [5.41, 5.74) is 0.197. The van der Waals surface area contributed by atoms with Crippen LogP contribution in [0.15, 0.2) is 16.6 Å². The Morgan fingerprint density at radius 3 is 2.15 bits per heavy atom. The van der Waals surface area contributed by atoms with Crippen LogP contribution in [-0.4, -0.2) is 31.1 Å². The van der Waals surface area contributed by atoms with Gasteiger partial charge in [0.15, 0.2) is 0 Å². The van der Waals surface area contributed by atoms with E-state index in [2.05, 4.69) is 26.1 Å². The van der Waals surface area contributed by atoms with Gasteiger partial charge in [0.25, 0.3) is 0 Å². The lowest BCUT2D eigenvalue weighted by Gasteiger charge is -2.35. The van der Waals surface area contributed by atoms with E-state index in [-0.39, 0.29) is 36.4 Å². The molecule has 1 heterocycles. The van der Waals surface area contributed by atoms with Crippen molar-refractivity contribution < 1.29 is 8.78 Å². The molecule has 1 aliphatic heterocycles. The van der Waals surface area contributed by atoms with Crippen molar-refractivity contribution in [3.05, 3.63) is 33.8 Å². The first kappa shape index (κ1) is 20.1. The SMILES string of the molecule is CC[C@H](c1c(F)cc(Br)cc1F)N1CCNCC1.Cl.Cl. The van der Waals surface area contributed by atoms with Crippen LogP contribution in [0, 0.1) is 11.6 Å². The topological polar surface area (TPSA) is 15.3 Å². The largest absolute Gasteiger partial charge is 0.314 e. The van der Waals surface area contributed by atoms with Gasteiger partial charge in [-0.1, -0.05) is 22.9 Å². The number of nitrogens with zero attached hydrogens (tertiary/aromatic N) is 1. The monoisotopic (exact) mass is 390 g/mol. The van der Waals surface area contributed by atoms with E-state index in [1.807, 2.05) is 6.92 Å². The molecule has 7 heteroatoms. The first-order valence-corrected chi connectivity index (χ1v) is 7.02. The third kappa shape index (κ3) is 4.53. The minimum absolute atomic E-state index is 0. The summed E-state index contributed by atoms with van der Waals surface area (Å²) >= 11 is 3.11. The van der Waals surface area contributed by atoms with E-state index in [0.717, 1.165) is 26.2 Å². The van der Waals surface area contributed by atoms with Crippen molar-refractivity contribution in [2.24, 2.45) is 0 Å². The molecule has 1 aliphatic rings. The van der Waals surface area contributed by atoms with Gasteiger partial charge in [0, 0.05) is 42.3 Å². The second kappa shape index (κ2) is 9.15. The van der Waals surface area contributed by atoms with Crippen molar-refractivity contribution in [3.8, 4) is 0 Å². The van der Waals surface area contributed by atoms with Crippen LogP contribution in [0.25, 0.3) is 0 Å². The summed E-state index contributed by atoms with van der Waals surface area (Å²) in [5, 5.41) is 3.25. The third-order valence-electron chi connectivity index (χ3n) is 3.36. The van der Waals surface area contributed by atoms with E-state index < -0.39 is 11.6 Å². The molecule has 0 radical (unpaired) electrons. The lowest BCUT2D eigenvalue weighted by Crippen LogP contribution is -2.45. The maximum absolute atomic E-state index is 14.0. The zero-order valence-corrected chi connectivity index (χ0v) is 14.4. The van der Waals surface area contributed by atoms with Crippen molar-refractivity contribution in [3.63, 3.8) is 0 Å². The van der Waals surface area contributed by atoms with Crippen molar-refractivity contribution in [1.82, 2.24) is 10.2 Å². The van der Waals surface area contributed by atoms with E-state index in [1.165, 1.54) is 12.1 Å². The molecule has 0 bridgehead atoms. The second-order valence-electron chi connectivity index (χ2n) is 4.49. The highest BCUT2D eigenvalue weighted by Gasteiger charge is 2.26. The number of halogens is 5. The fourth-order valence-corrected chi connectivity index (χ4v) is 2.91. The fourth-order valence-electron chi connectivity index (χ4n) is 2.51. The molecular weight excluding hydrogens is 373 g/mol. The number of nitrogens with one attached hydrogen (secondary N) is 1. The number of rotatable bonds is 3. The van der Waals surface area contributed by atoms with E-state index in [9.17, 15) is 8.78 Å². The molecule has 0 saturated carbocycles. The van der Waals surface area contributed by atoms with E-state index in [1.54, 1.807) is 0 Å². The van der Waals surface area contributed by atoms with Crippen LogP contribution in [0.5, 0.6) is 0 Å². The standard InChI is InChI=1S/C13H17BrF2N2.2ClH/c1-2-12(18-5-3-17-4-6-18)13-10(15)7-9(14)8-11(13)16;;/h7-8,12,17H,2-6H2,1H3;2*1H/t12-;;/m1../s1. The van der Waals surface area contributed by atoms with Gasteiger partial charge in [-0.3, -0.25) is 4.90 Å². The Hall–Kier alpha value is 0.0600. The number of benzene rings is 1. The third-order valence-corrected chi connectivity index (χ3v) is 3.81. The number of hydrogen-bond donors (Lipinski definition) is 1. The molecular formula is C13H19BrCl2F2N2. The first-order valence-electron chi connectivity index (χ1n) is 6.22. The van der Waals surface area contributed by atoms with Crippen LogP contribution in [0.4, 0.5) is 8.78 Å². The van der Waals surface area contributed by atoms with Crippen molar-refractivity contribution >= 4 is 40.7 Å². The molecule has 1 N–H and O–H groups in total. The molecule has 0 spiro atoms. The predicted octanol–water partition coefficient (Wildman–Crippen LogP) is 3.93. The summed E-state index contributed by atoms with van der Waals surface area (Å²) in [7, 11) is 0. The quantitative estimate of drug-likeness (QED) is 0.839. The fraction of sp³-hybridized carbons (Fsp3) is 0.538. The molecule has 2 nitrogen and oxygen atoms in total. The molecule has 20 heavy (non-hydrogen) atoms. The van der Waals surface area contributed by atoms with Crippen molar-refractivity contribution in [2.75, 3.05) is 26.2 Å². The zero-order chi connectivity index (χ0) is 13.1. The predicted molar refractivity (Wildman–Crippen MR) is 86.0 cm³/mol. The van der Waals surface area contributed by atoms with Gasteiger partial charge < -0.3 is 5.32 Å². The summed E-state index contributed by atoms with van der Waals surface area (Å²) in [4.78, 5) is 2.14. The minimum Gasteiger partial charge on any atom is -0.314 e. The Morgan fingerprint density at radius 1 is 1.20 bits per heavy atom. The van der Waals surface area contributed by atoms with Gasteiger partial charge in [0.2, 0.25) is 0 Å². The van der Waals surface area contributed by atoms with Gasteiger partial charge in [-0.25, -0.2) is 8.78 Å². The van der Waals surface area contributed by atoms with Crippen molar-refractivity contribution in [2.45, 2.75) is 19.4 Å². The Morgan fingerprint density at radius 2 is 1.70 bits per heavy atom. The zero-order valence-electron chi connectivity index (χ0n) is 11.2. The van der Waals surface area contributed by atoms with Gasteiger partial charge in [-0.05, 0) is 18.6 Å². The number of hydrogen-bond acceptors (Lipinski definition) is 2. The molecule has 1 aromatic carbocycles. The van der Waals surface area contributed by atoms with Crippen LogP contribution in [0.3, 0.4) is 0 Å². The van der Waals surface area contributed by atoms with Crippen LogP contribution in [0.1, 0.15) is 24.9 Å². The van der Waals surface area contributed by atoms with Crippen LogP contribution in [-0.2, 0) is 0 Å². The lowest BCUT2D eigenvalue weighted by atomic mass is 10.0. The van der Waals surface area contributed by atoms with Gasteiger partial charge in [-0.2, -0.15) is 0 Å². The molecule has 1 fully saturated rings. The molecule has 1 saturated heterocycles. The summed E-state index contributed by atoms with van der Waals surface area (Å²) in [5.74, 6) is -0.931. The average molecular weight is 392 g/mol. The van der Waals surface area contributed by atoms with E-state index in [0.29, 0.717) is 10.9 Å². The summed E-state index contributed by atoms with van der Waals surface area (Å²) < 4.78 is 28.4. The molecule has 1 aromatic rings. The Balaban J connectivity index is 0.00000180. The van der Waals surface area contributed by atoms with E-state index in [4.69, 9.17) is 0 Å². The first-order chi connectivity index (χ1) is 8.63. The average Bonchev–Trinajstić information content (AvgIpc) is 2.34. The van der Waals surface area contributed by atoms with Gasteiger partial charge in [0.05, 0.1) is 0 Å². The lowest BCUT2D eigenvalue weighted by molar-refractivity contribution is 0.162. The Kier molecular flexibility index (Phi) is 9.18. The van der Waals surface area contributed by atoms with Gasteiger partial charge in [-0.15, -0.1) is 24.8 Å². The molecule has 116 valence electrons. The molecule has 0 aliphatic carbocycles. The molecule has 0 aromatic heterocycles. The van der Waals surface area contributed by atoms with Gasteiger partial charge >= 0.3 is 0 Å². The molecule has 2 rings (SSSR count). The normalized spacial score (nSPS) is 17.0. The molecule has 0 amide bonds. The number of piperazine rings is 1. The molecule has 1 atom stereocenters. The minimum atomic E-state index is -0.466. The van der Waals surface area contributed by atoms with Crippen LogP contribution < -0.4 is 5.32 Å². The Labute approximate surface area is 139 Å². The van der Waals surface area contributed by atoms with Crippen molar-refractivity contribution in [1.29, 1.82) is 0 Å². The summed E-state index contributed by atoms with van der Waals surface area (Å²) in [6, 6.07) is 2.49. The highest BCUT2D eigenvalue weighted by molar-refractivity contribution is 9.10. The van der Waals surface area contributed by atoms with E-state index >= 15 is 0 Å². The summed E-state index contributed by atoms with van der Waals surface area (Å²) in [6.45, 7) is 5.36. The van der Waals surface area contributed by atoms with Crippen LogP contribution in [0.2, 0.25) is 0 Å². The van der Waals surface area contributed by atoms with Gasteiger partial charge in [0.1, 0.15) is 11.6 Å². The Bertz CT molecular complexity index is 406. The summed E-state index contributed by atoms with van der Waals surface area (Å²) in [6.07, 6.45) is 0.704. The highest BCUT2D eigenvalue weighted by Crippen LogP contribution is 2.31. The second-order valence-corrected chi connectivity index (χ2v) is 5.41.